The molecule has 1 aliphatic rings. The highest BCUT2D eigenvalue weighted by Crippen LogP contribution is 2.40. The van der Waals surface area contributed by atoms with Crippen molar-refractivity contribution in [3.63, 3.8) is 0 Å². The van der Waals surface area contributed by atoms with E-state index in [1.54, 1.807) is 0 Å². The molecule has 0 unspecified atom stereocenters. The van der Waals surface area contributed by atoms with Gasteiger partial charge in [-0.15, -0.1) is 0 Å². The second kappa shape index (κ2) is 11.0. The zero-order chi connectivity index (χ0) is 30.5. The number of fused-ring (bicyclic) bond motifs is 6. The molecule has 0 N–H and O–H groups in total. The van der Waals surface area contributed by atoms with Crippen LogP contribution >= 0.6 is 0 Å². The van der Waals surface area contributed by atoms with Gasteiger partial charge in [-0.2, -0.15) is 0 Å². The van der Waals surface area contributed by atoms with Crippen molar-refractivity contribution in [2.45, 2.75) is 13.2 Å². The topological polar surface area (TPSA) is 48.2 Å². The smallest absolute Gasteiger partial charge is 0.135 e. The molecule has 0 spiro atoms. The lowest BCUT2D eigenvalue weighted by Gasteiger charge is -2.14. The first-order chi connectivity index (χ1) is 22.8. The molecule has 46 heavy (non-hydrogen) atoms. The third-order valence-electron chi connectivity index (χ3n) is 8.99. The molecule has 5 aromatic carbocycles. The summed E-state index contributed by atoms with van der Waals surface area (Å²) in [7, 11) is 0. The van der Waals surface area contributed by atoms with Gasteiger partial charge in [-0.25, -0.2) is 0 Å². The lowest BCUT2D eigenvalue weighted by molar-refractivity contribution is 0.110. The highest BCUT2D eigenvalue weighted by molar-refractivity contribution is 6.06. The molecular formula is C42H28N2O2. The van der Waals surface area contributed by atoms with Crippen molar-refractivity contribution in [1.82, 2.24) is 9.97 Å². The van der Waals surface area contributed by atoms with Crippen LogP contribution in [0.3, 0.4) is 0 Å². The van der Waals surface area contributed by atoms with E-state index in [1.165, 1.54) is 33.4 Å². The summed E-state index contributed by atoms with van der Waals surface area (Å²) in [6.07, 6.45) is 7.45. The third kappa shape index (κ3) is 4.68. The van der Waals surface area contributed by atoms with Crippen LogP contribution in [-0.2, 0) is 18.0 Å². The van der Waals surface area contributed by atoms with Crippen LogP contribution in [0.2, 0.25) is 0 Å². The van der Waals surface area contributed by atoms with Gasteiger partial charge in [0.25, 0.3) is 0 Å². The number of hydrogen-bond donors (Lipinski definition) is 0. The number of ether oxygens (including phenoxy) is 1. The quantitative estimate of drug-likeness (QED) is 0.204. The molecular weight excluding hydrogens is 564 g/mol. The van der Waals surface area contributed by atoms with Gasteiger partial charge in [-0.05, 0) is 116 Å². The SMILES string of the molecule is c1cncc(-c2cc(-c3cccnc3)cc(-c3ccc4c(c3)COCc3ccc(-c5ccc6oc7ccccc7c6c5)cc3-4)c2)c1. The Kier molecular flexibility index (Phi) is 6.32. The lowest BCUT2D eigenvalue weighted by atomic mass is 9.89. The predicted molar refractivity (Wildman–Crippen MR) is 185 cm³/mol. The minimum absolute atomic E-state index is 0.553. The van der Waals surface area contributed by atoms with Gasteiger partial charge in [0.2, 0.25) is 0 Å². The average Bonchev–Trinajstić information content (AvgIpc) is 3.40. The third-order valence-corrected chi connectivity index (χ3v) is 8.99. The molecule has 4 nitrogen and oxygen atoms in total. The molecule has 0 atom stereocenters. The number of para-hydroxylation sites is 1. The Hall–Kier alpha value is -5.84. The number of aromatic nitrogens is 2. The Bertz CT molecular complexity index is 2340. The average molecular weight is 593 g/mol. The minimum Gasteiger partial charge on any atom is -0.456 e. The number of furan rings is 1. The fourth-order valence-corrected chi connectivity index (χ4v) is 6.66. The van der Waals surface area contributed by atoms with Crippen molar-refractivity contribution in [1.29, 1.82) is 0 Å². The molecule has 9 rings (SSSR count). The molecule has 0 amide bonds. The Morgan fingerprint density at radius 3 is 1.80 bits per heavy atom. The van der Waals surface area contributed by atoms with E-state index in [9.17, 15) is 0 Å². The molecule has 0 fully saturated rings. The van der Waals surface area contributed by atoms with Crippen LogP contribution in [0.5, 0.6) is 0 Å². The van der Waals surface area contributed by atoms with Crippen LogP contribution in [0.1, 0.15) is 11.1 Å². The van der Waals surface area contributed by atoms with E-state index in [4.69, 9.17) is 9.15 Å². The van der Waals surface area contributed by atoms with Crippen LogP contribution in [0.15, 0.2) is 151 Å². The summed E-state index contributed by atoms with van der Waals surface area (Å²) in [4.78, 5) is 8.75. The van der Waals surface area contributed by atoms with Crippen molar-refractivity contribution >= 4 is 21.9 Å². The van der Waals surface area contributed by atoms with Gasteiger partial charge < -0.3 is 9.15 Å². The number of pyridine rings is 2. The second-order valence-electron chi connectivity index (χ2n) is 11.8. The van der Waals surface area contributed by atoms with Crippen LogP contribution < -0.4 is 0 Å². The van der Waals surface area contributed by atoms with Gasteiger partial charge in [0, 0.05) is 46.7 Å². The molecule has 3 aromatic heterocycles. The molecule has 4 heteroatoms. The van der Waals surface area contributed by atoms with Crippen LogP contribution in [0.4, 0.5) is 0 Å². The summed E-state index contributed by atoms with van der Waals surface area (Å²) in [6.45, 7) is 1.13. The Labute approximate surface area is 266 Å². The standard InChI is InChI=1S/C42H28N2O2/c1-2-8-41-38(7-1)40-22-29(12-14-42(40)46-41)28-9-10-32-25-45-26-36-17-27(11-13-37(36)39(32)21-28)33-18-34(30-5-3-15-43-23-30)20-35(19-33)31-6-4-16-44-24-31/h1-24H,25-26H2. The molecule has 0 saturated carbocycles. The predicted octanol–water partition coefficient (Wildman–Crippen LogP) is 10.7. The zero-order valence-electron chi connectivity index (χ0n) is 25.0. The second-order valence-corrected chi connectivity index (χ2v) is 11.8. The largest absolute Gasteiger partial charge is 0.456 e. The van der Waals surface area contributed by atoms with Crippen LogP contribution in [-0.4, -0.2) is 9.97 Å². The Morgan fingerprint density at radius 1 is 0.413 bits per heavy atom. The molecule has 218 valence electrons. The number of hydrogen-bond acceptors (Lipinski definition) is 4. The van der Waals surface area contributed by atoms with Gasteiger partial charge >= 0.3 is 0 Å². The summed E-state index contributed by atoms with van der Waals surface area (Å²) in [5.74, 6) is 0. The molecule has 8 aromatic rings. The van der Waals surface area contributed by atoms with E-state index in [1.807, 2.05) is 49.1 Å². The fraction of sp³-hybridized carbons (Fsp3) is 0.0476. The van der Waals surface area contributed by atoms with Crippen molar-refractivity contribution < 1.29 is 9.15 Å². The lowest BCUT2D eigenvalue weighted by Crippen LogP contribution is -1.92. The summed E-state index contributed by atoms with van der Waals surface area (Å²) >= 11 is 0. The van der Waals surface area contributed by atoms with Crippen molar-refractivity contribution in [2.24, 2.45) is 0 Å². The molecule has 4 heterocycles. The summed E-state index contributed by atoms with van der Waals surface area (Å²) in [5, 5.41) is 2.27. The molecule has 1 aliphatic heterocycles. The van der Waals surface area contributed by atoms with E-state index in [0.29, 0.717) is 13.2 Å². The number of benzene rings is 5. The molecule has 0 radical (unpaired) electrons. The van der Waals surface area contributed by atoms with E-state index in [-0.39, 0.29) is 0 Å². The van der Waals surface area contributed by atoms with E-state index >= 15 is 0 Å². The maximum absolute atomic E-state index is 6.24. The molecule has 0 saturated heterocycles. The first-order valence-corrected chi connectivity index (χ1v) is 15.5. The highest BCUT2D eigenvalue weighted by atomic mass is 16.5. The fourth-order valence-electron chi connectivity index (χ4n) is 6.66. The van der Waals surface area contributed by atoms with E-state index < -0.39 is 0 Å². The van der Waals surface area contributed by atoms with Gasteiger partial charge in [-0.3, -0.25) is 9.97 Å². The maximum Gasteiger partial charge on any atom is 0.135 e. The van der Waals surface area contributed by atoms with Gasteiger partial charge in [0.15, 0.2) is 0 Å². The Balaban J connectivity index is 1.14. The zero-order valence-corrected chi connectivity index (χ0v) is 25.0. The maximum atomic E-state index is 6.24. The van der Waals surface area contributed by atoms with E-state index in [2.05, 4.69) is 107 Å². The van der Waals surface area contributed by atoms with Crippen molar-refractivity contribution in [3.8, 4) is 55.6 Å². The van der Waals surface area contributed by atoms with Gasteiger partial charge in [-0.1, -0.05) is 60.7 Å². The van der Waals surface area contributed by atoms with E-state index in [0.717, 1.165) is 55.3 Å². The number of nitrogens with zero attached hydrogens (tertiary/aromatic N) is 2. The summed E-state index contributed by atoms with van der Waals surface area (Å²) < 4.78 is 12.3. The van der Waals surface area contributed by atoms with Crippen LogP contribution in [0, 0.1) is 0 Å². The highest BCUT2D eigenvalue weighted by Gasteiger charge is 2.18. The van der Waals surface area contributed by atoms with Gasteiger partial charge in [0.05, 0.1) is 13.2 Å². The van der Waals surface area contributed by atoms with Crippen molar-refractivity contribution in [2.75, 3.05) is 0 Å². The minimum atomic E-state index is 0.553. The Morgan fingerprint density at radius 2 is 1.04 bits per heavy atom. The van der Waals surface area contributed by atoms with Gasteiger partial charge in [0.1, 0.15) is 11.2 Å². The summed E-state index contributed by atoms with van der Waals surface area (Å²) in [5.41, 5.74) is 15.7. The summed E-state index contributed by atoms with van der Waals surface area (Å²) in [6, 6.07) is 43.1. The first-order valence-electron chi connectivity index (χ1n) is 15.5. The van der Waals surface area contributed by atoms with Crippen LogP contribution in [0.25, 0.3) is 77.6 Å². The number of rotatable bonds is 4. The van der Waals surface area contributed by atoms with Crippen molar-refractivity contribution in [3.05, 3.63) is 157 Å². The monoisotopic (exact) mass is 592 g/mol. The normalized spacial score (nSPS) is 12.5. The first kappa shape index (κ1) is 26.6. The molecule has 0 aliphatic carbocycles. The molecule has 0 bridgehead atoms.